The maximum atomic E-state index is 11.2. The van der Waals surface area contributed by atoms with Gasteiger partial charge in [-0.15, -0.1) is 0 Å². The summed E-state index contributed by atoms with van der Waals surface area (Å²) >= 11 is 0. The second-order valence-corrected chi connectivity index (χ2v) is 3.12. The van der Waals surface area contributed by atoms with E-state index in [-0.39, 0.29) is 5.97 Å². The van der Waals surface area contributed by atoms with Crippen molar-refractivity contribution < 1.29 is 19.0 Å². The maximum absolute atomic E-state index is 11.2. The van der Waals surface area contributed by atoms with Crippen molar-refractivity contribution in [1.82, 2.24) is 0 Å². The summed E-state index contributed by atoms with van der Waals surface area (Å²) in [6.45, 7) is 2.67. The quantitative estimate of drug-likeness (QED) is 0.421. The molecule has 0 aromatic heterocycles. The minimum absolute atomic E-state index is 0.275. The van der Waals surface area contributed by atoms with E-state index < -0.39 is 0 Å². The lowest BCUT2D eigenvalue weighted by atomic mass is 10.3. The smallest absolute Gasteiger partial charge is 0.311 e. The van der Waals surface area contributed by atoms with Gasteiger partial charge in [0, 0.05) is 13.5 Å². The lowest BCUT2D eigenvalue weighted by molar-refractivity contribution is -0.134. The fourth-order valence-corrected chi connectivity index (χ4v) is 1.08. The largest absolute Gasteiger partial charge is 0.487 e. The van der Waals surface area contributed by atoms with Crippen molar-refractivity contribution in [2.24, 2.45) is 0 Å². The zero-order chi connectivity index (χ0) is 11.8. The van der Waals surface area contributed by atoms with Crippen LogP contribution in [0.4, 0.5) is 0 Å². The molecule has 0 aliphatic rings. The Morgan fingerprint density at radius 3 is 2.50 bits per heavy atom. The van der Waals surface area contributed by atoms with Crippen molar-refractivity contribution in [2.45, 2.75) is 13.3 Å². The van der Waals surface area contributed by atoms with Crippen molar-refractivity contribution in [1.29, 1.82) is 0 Å². The summed E-state index contributed by atoms with van der Waals surface area (Å²) in [6, 6.07) is 7.08. The Morgan fingerprint density at radius 2 is 1.88 bits per heavy atom. The van der Waals surface area contributed by atoms with Crippen LogP contribution >= 0.6 is 0 Å². The summed E-state index contributed by atoms with van der Waals surface area (Å²) in [4.78, 5) is 11.2. The van der Waals surface area contributed by atoms with Gasteiger partial charge in [-0.1, -0.05) is 19.1 Å². The minimum atomic E-state index is -0.275. The average molecular weight is 224 g/mol. The van der Waals surface area contributed by atoms with Crippen LogP contribution in [0, 0.1) is 0 Å². The molecule has 0 bridgehead atoms. The first kappa shape index (κ1) is 12.5. The van der Waals surface area contributed by atoms with Crippen molar-refractivity contribution in [2.75, 3.05) is 20.3 Å². The summed E-state index contributed by atoms with van der Waals surface area (Å²) < 4.78 is 15.4. The summed E-state index contributed by atoms with van der Waals surface area (Å²) in [5, 5.41) is 0. The van der Waals surface area contributed by atoms with Gasteiger partial charge in [0.2, 0.25) is 0 Å². The highest BCUT2D eigenvalue weighted by Crippen LogP contribution is 2.26. The van der Waals surface area contributed by atoms with Gasteiger partial charge in [0.05, 0.1) is 6.61 Å². The summed E-state index contributed by atoms with van der Waals surface area (Å²) in [5.41, 5.74) is 0. The van der Waals surface area contributed by atoms with E-state index in [1.807, 2.05) is 6.07 Å². The van der Waals surface area contributed by atoms with Crippen LogP contribution in [0.1, 0.15) is 13.3 Å². The van der Waals surface area contributed by atoms with E-state index in [1.165, 1.54) is 0 Å². The number of hydrogen-bond donors (Lipinski definition) is 0. The highest BCUT2D eigenvalue weighted by Gasteiger charge is 2.07. The molecule has 0 radical (unpaired) electrons. The molecule has 4 heteroatoms. The van der Waals surface area contributed by atoms with Gasteiger partial charge in [-0.2, -0.15) is 0 Å². The fraction of sp³-hybridized carbons (Fsp3) is 0.417. The highest BCUT2D eigenvalue weighted by atomic mass is 16.6. The minimum Gasteiger partial charge on any atom is -0.487 e. The number of benzene rings is 1. The molecule has 0 fully saturated rings. The molecule has 1 aromatic rings. The van der Waals surface area contributed by atoms with Gasteiger partial charge in [-0.25, -0.2) is 0 Å². The van der Waals surface area contributed by atoms with E-state index in [0.29, 0.717) is 31.1 Å². The molecule has 0 aliphatic heterocycles. The van der Waals surface area contributed by atoms with Gasteiger partial charge >= 0.3 is 5.97 Å². The molecule has 0 aliphatic carbocycles. The van der Waals surface area contributed by atoms with E-state index in [1.54, 1.807) is 32.2 Å². The second kappa shape index (κ2) is 6.85. The zero-order valence-corrected chi connectivity index (χ0v) is 9.56. The fourth-order valence-electron chi connectivity index (χ4n) is 1.08. The predicted molar refractivity (Wildman–Crippen MR) is 59.7 cm³/mol. The van der Waals surface area contributed by atoms with E-state index >= 15 is 0 Å². The van der Waals surface area contributed by atoms with Crippen LogP contribution in [0.15, 0.2) is 24.3 Å². The van der Waals surface area contributed by atoms with Gasteiger partial charge in [-0.05, 0) is 12.1 Å². The first-order valence-electron chi connectivity index (χ1n) is 5.19. The number of carbonyl (C=O) groups excluding carboxylic acids is 1. The lowest BCUT2D eigenvalue weighted by Crippen LogP contribution is -2.09. The van der Waals surface area contributed by atoms with Gasteiger partial charge in [-0.3, -0.25) is 4.79 Å². The Labute approximate surface area is 95.1 Å². The Kier molecular flexibility index (Phi) is 5.36. The molecule has 0 unspecified atom stereocenters. The number of methoxy groups -OCH3 is 1. The Bertz CT molecular complexity index is 336. The number of para-hydroxylation sites is 2. The molecule has 0 saturated heterocycles. The zero-order valence-electron chi connectivity index (χ0n) is 9.56. The first-order valence-corrected chi connectivity index (χ1v) is 5.19. The number of esters is 1. The maximum Gasteiger partial charge on any atom is 0.311 e. The monoisotopic (exact) mass is 224 g/mol. The normalized spacial score (nSPS) is 9.88. The van der Waals surface area contributed by atoms with Crippen molar-refractivity contribution in [3.05, 3.63) is 24.3 Å². The van der Waals surface area contributed by atoms with Crippen molar-refractivity contribution in [3.63, 3.8) is 0 Å². The van der Waals surface area contributed by atoms with Crippen LogP contribution in [-0.2, 0) is 9.53 Å². The first-order chi connectivity index (χ1) is 7.77. The van der Waals surface area contributed by atoms with Crippen LogP contribution in [-0.4, -0.2) is 26.3 Å². The third-order valence-electron chi connectivity index (χ3n) is 1.91. The molecule has 0 amide bonds. The van der Waals surface area contributed by atoms with Gasteiger partial charge in [0.15, 0.2) is 11.5 Å². The highest BCUT2D eigenvalue weighted by molar-refractivity contribution is 5.72. The van der Waals surface area contributed by atoms with Crippen LogP contribution in [0.2, 0.25) is 0 Å². The molecule has 0 saturated carbocycles. The van der Waals surface area contributed by atoms with Crippen molar-refractivity contribution >= 4 is 5.97 Å². The molecule has 0 heterocycles. The number of ether oxygens (including phenoxy) is 3. The second-order valence-electron chi connectivity index (χ2n) is 3.12. The van der Waals surface area contributed by atoms with Crippen LogP contribution in [0.5, 0.6) is 11.5 Å². The molecule has 4 nitrogen and oxygen atoms in total. The third-order valence-corrected chi connectivity index (χ3v) is 1.91. The average Bonchev–Trinajstić information content (AvgIpc) is 2.31. The summed E-state index contributed by atoms with van der Waals surface area (Å²) in [5.74, 6) is 0.731. The molecule has 0 spiro atoms. The molecular weight excluding hydrogens is 208 g/mol. The van der Waals surface area contributed by atoms with Gasteiger partial charge in [0.25, 0.3) is 0 Å². The molecule has 0 atom stereocenters. The SMILES string of the molecule is CCC(=O)Oc1ccccc1OCCOC. The third kappa shape index (κ3) is 3.90. The molecule has 1 rings (SSSR count). The van der Waals surface area contributed by atoms with Crippen LogP contribution in [0.25, 0.3) is 0 Å². The topological polar surface area (TPSA) is 44.8 Å². The number of hydrogen-bond acceptors (Lipinski definition) is 4. The summed E-state index contributed by atoms with van der Waals surface area (Å²) in [7, 11) is 1.60. The molecule has 16 heavy (non-hydrogen) atoms. The molecule has 88 valence electrons. The van der Waals surface area contributed by atoms with E-state index in [0.717, 1.165) is 0 Å². The number of rotatable bonds is 6. The standard InChI is InChI=1S/C12H16O4/c1-3-12(13)16-11-7-5-4-6-10(11)15-9-8-14-2/h4-7H,3,8-9H2,1-2H3. The molecular formula is C12H16O4. The van der Waals surface area contributed by atoms with Crippen molar-refractivity contribution in [3.8, 4) is 11.5 Å². The Balaban J connectivity index is 2.63. The van der Waals surface area contributed by atoms with Gasteiger partial charge in [0.1, 0.15) is 6.61 Å². The van der Waals surface area contributed by atoms with Gasteiger partial charge < -0.3 is 14.2 Å². The van der Waals surface area contributed by atoms with E-state index in [4.69, 9.17) is 14.2 Å². The summed E-state index contributed by atoms with van der Waals surface area (Å²) in [6.07, 6.45) is 0.340. The van der Waals surface area contributed by atoms with Crippen LogP contribution < -0.4 is 9.47 Å². The van der Waals surface area contributed by atoms with E-state index in [2.05, 4.69) is 0 Å². The van der Waals surface area contributed by atoms with Crippen LogP contribution in [0.3, 0.4) is 0 Å². The van der Waals surface area contributed by atoms with E-state index in [9.17, 15) is 4.79 Å². The molecule has 0 N–H and O–H groups in total. The Hall–Kier alpha value is -1.55. The number of carbonyl (C=O) groups is 1. The lowest BCUT2D eigenvalue weighted by Gasteiger charge is -2.10. The predicted octanol–water partition coefficient (Wildman–Crippen LogP) is 2.03. The molecule has 1 aromatic carbocycles. The Morgan fingerprint density at radius 1 is 1.19 bits per heavy atom.